The van der Waals surface area contributed by atoms with Gasteiger partial charge in [-0.1, -0.05) is 12.1 Å². The van der Waals surface area contributed by atoms with Crippen molar-refractivity contribution in [2.45, 2.75) is 45.8 Å². The standard InChI is InChI=1S/C14H19BFNO2/c1-10-8-17-9-12(16)11(10)6-7-15-18-13(2,3)14(4,5)19-15/h6-9H,1-5H3/b7-6+. The zero-order valence-electron chi connectivity index (χ0n) is 12.0. The summed E-state index contributed by atoms with van der Waals surface area (Å²) in [4.78, 5) is 3.80. The van der Waals surface area contributed by atoms with Crippen molar-refractivity contribution in [1.29, 1.82) is 0 Å². The highest BCUT2D eigenvalue weighted by Crippen LogP contribution is 2.37. The number of pyridine rings is 1. The van der Waals surface area contributed by atoms with Crippen LogP contribution in [-0.2, 0) is 9.31 Å². The van der Waals surface area contributed by atoms with Crippen molar-refractivity contribution in [3.63, 3.8) is 0 Å². The largest absolute Gasteiger partial charge is 0.487 e. The molecule has 0 N–H and O–H groups in total. The Balaban J connectivity index is 2.18. The average molecular weight is 263 g/mol. The molecule has 2 rings (SSSR count). The number of aromatic nitrogens is 1. The fourth-order valence-electron chi connectivity index (χ4n) is 1.90. The normalized spacial score (nSPS) is 21.3. The SMILES string of the molecule is Cc1cncc(F)c1/C=C/B1OC(C)(C)C(C)(C)O1. The third-order valence-electron chi connectivity index (χ3n) is 3.83. The van der Waals surface area contributed by atoms with E-state index < -0.39 is 7.12 Å². The molecule has 102 valence electrons. The Morgan fingerprint density at radius 2 is 1.74 bits per heavy atom. The molecule has 0 aromatic carbocycles. The Morgan fingerprint density at radius 3 is 2.26 bits per heavy atom. The van der Waals surface area contributed by atoms with Gasteiger partial charge in [-0.05, 0) is 40.2 Å². The second-order valence-electron chi connectivity index (χ2n) is 5.84. The van der Waals surface area contributed by atoms with E-state index in [-0.39, 0.29) is 17.0 Å². The molecule has 1 aliphatic heterocycles. The van der Waals surface area contributed by atoms with Gasteiger partial charge in [-0.3, -0.25) is 4.98 Å². The Hall–Kier alpha value is -1.20. The van der Waals surface area contributed by atoms with Crippen molar-refractivity contribution >= 4 is 13.2 Å². The lowest BCUT2D eigenvalue weighted by molar-refractivity contribution is 0.00578. The maximum absolute atomic E-state index is 13.6. The summed E-state index contributed by atoms with van der Waals surface area (Å²) >= 11 is 0. The zero-order chi connectivity index (χ0) is 14.3. The van der Waals surface area contributed by atoms with Crippen molar-refractivity contribution in [3.8, 4) is 0 Å². The van der Waals surface area contributed by atoms with Crippen molar-refractivity contribution in [1.82, 2.24) is 4.98 Å². The topological polar surface area (TPSA) is 31.4 Å². The fourth-order valence-corrected chi connectivity index (χ4v) is 1.90. The first-order valence-electron chi connectivity index (χ1n) is 6.37. The van der Waals surface area contributed by atoms with Crippen LogP contribution in [0.4, 0.5) is 4.39 Å². The highest BCUT2D eigenvalue weighted by molar-refractivity contribution is 6.52. The molecule has 0 unspecified atom stereocenters. The number of nitrogens with zero attached hydrogens (tertiary/aromatic N) is 1. The van der Waals surface area contributed by atoms with Gasteiger partial charge in [0.2, 0.25) is 0 Å². The summed E-state index contributed by atoms with van der Waals surface area (Å²) in [5.74, 6) is 1.40. The first-order chi connectivity index (χ1) is 8.73. The molecular weight excluding hydrogens is 244 g/mol. The van der Waals surface area contributed by atoms with Gasteiger partial charge < -0.3 is 9.31 Å². The van der Waals surface area contributed by atoms with Crippen LogP contribution in [0.3, 0.4) is 0 Å². The molecule has 1 fully saturated rings. The molecule has 0 spiro atoms. The minimum Gasteiger partial charge on any atom is -0.400 e. The van der Waals surface area contributed by atoms with Crippen molar-refractivity contribution in [3.05, 3.63) is 35.3 Å². The van der Waals surface area contributed by atoms with E-state index in [4.69, 9.17) is 9.31 Å². The average Bonchev–Trinajstić information content (AvgIpc) is 2.46. The maximum Gasteiger partial charge on any atom is 0.487 e. The van der Waals surface area contributed by atoms with Gasteiger partial charge in [0.25, 0.3) is 0 Å². The predicted octanol–water partition coefficient (Wildman–Crippen LogP) is 3.17. The zero-order valence-corrected chi connectivity index (χ0v) is 12.0. The van der Waals surface area contributed by atoms with Crippen LogP contribution < -0.4 is 0 Å². The van der Waals surface area contributed by atoms with Gasteiger partial charge in [0.15, 0.2) is 0 Å². The molecule has 3 nitrogen and oxygen atoms in total. The van der Waals surface area contributed by atoms with Gasteiger partial charge in [0, 0.05) is 11.8 Å². The molecule has 0 radical (unpaired) electrons. The van der Waals surface area contributed by atoms with Crippen LogP contribution in [0.15, 0.2) is 18.4 Å². The van der Waals surface area contributed by atoms with E-state index in [1.54, 1.807) is 18.2 Å². The van der Waals surface area contributed by atoms with Gasteiger partial charge >= 0.3 is 7.12 Å². The van der Waals surface area contributed by atoms with E-state index in [0.717, 1.165) is 5.56 Å². The fraction of sp³-hybridized carbons (Fsp3) is 0.500. The summed E-state index contributed by atoms with van der Waals surface area (Å²) in [5, 5.41) is 0. The van der Waals surface area contributed by atoms with E-state index in [2.05, 4.69) is 4.98 Å². The summed E-state index contributed by atoms with van der Waals surface area (Å²) in [6, 6.07) is 0. The van der Waals surface area contributed by atoms with E-state index in [1.807, 2.05) is 34.6 Å². The Bertz CT molecular complexity index is 478. The van der Waals surface area contributed by atoms with Gasteiger partial charge in [-0.15, -0.1) is 0 Å². The highest BCUT2D eigenvalue weighted by atomic mass is 19.1. The number of hydrogen-bond donors (Lipinski definition) is 0. The van der Waals surface area contributed by atoms with Crippen LogP contribution in [0.5, 0.6) is 0 Å². The summed E-state index contributed by atoms with van der Waals surface area (Å²) < 4.78 is 25.3. The molecule has 0 bridgehead atoms. The molecule has 1 aliphatic rings. The molecule has 1 aromatic rings. The Morgan fingerprint density at radius 1 is 1.16 bits per heavy atom. The molecular formula is C14H19BFNO2. The number of hydrogen-bond acceptors (Lipinski definition) is 3. The van der Waals surface area contributed by atoms with Gasteiger partial charge in [-0.25, -0.2) is 4.39 Å². The lowest BCUT2D eigenvalue weighted by atomic mass is 9.88. The Kier molecular flexibility index (Phi) is 3.54. The molecule has 2 heterocycles. The summed E-state index contributed by atoms with van der Waals surface area (Å²) in [5.41, 5.74) is 0.541. The first kappa shape index (κ1) is 14.2. The lowest BCUT2D eigenvalue weighted by Gasteiger charge is -2.32. The van der Waals surface area contributed by atoms with E-state index >= 15 is 0 Å². The van der Waals surface area contributed by atoms with Crippen LogP contribution in [0.1, 0.15) is 38.8 Å². The molecule has 1 saturated heterocycles. The van der Waals surface area contributed by atoms with Crippen LogP contribution in [0.2, 0.25) is 0 Å². The van der Waals surface area contributed by atoms with Crippen molar-refractivity contribution in [2.24, 2.45) is 0 Å². The molecule has 0 saturated carbocycles. The van der Waals surface area contributed by atoms with E-state index in [0.29, 0.717) is 5.56 Å². The molecule has 5 heteroatoms. The van der Waals surface area contributed by atoms with Gasteiger partial charge in [-0.2, -0.15) is 0 Å². The number of halogens is 1. The van der Waals surface area contributed by atoms with Crippen molar-refractivity contribution < 1.29 is 13.7 Å². The van der Waals surface area contributed by atoms with Crippen molar-refractivity contribution in [2.75, 3.05) is 0 Å². The molecule has 0 amide bonds. The second-order valence-corrected chi connectivity index (χ2v) is 5.84. The summed E-state index contributed by atoms with van der Waals surface area (Å²) in [6.07, 6.45) is 4.53. The molecule has 1 aromatic heterocycles. The smallest absolute Gasteiger partial charge is 0.400 e. The van der Waals surface area contributed by atoms with Crippen LogP contribution in [0.25, 0.3) is 6.08 Å². The minimum absolute atomic E-state index is 0.340. The van der Waals surface area contributed by atoms with Gasteiger partial charge in [0.05, 0.1) is 17.4 Å². The summed E-state index contributed by atoms with van der Waals surface area (Å²) in [6.45, 7) is 9.76. The van der Waals surface area contributed by atoms with Crippen LogP contribution >= 0.6 is 0 Å². The Labute approximate surface area is 114 Å². The summed E-state index contributed by atoms with van der Waals surface area (Å²) in [7, 11) is -0.461. The maximum atomic E-state index is 13.6. The van der Waals surface area contributed by atoms with Crippen LogP contribution in [0, 0.1) is 12.7 Å². The lowest BCUT2D eigenvalue weighted by Crippen LogP contribution is -2.41. The third kappa shape index (κ3) is 2.72. The predicted molar refractivity (Wildman–Crippen MR) is 74.0 cm³/mol. The molecule has 0 aliphatic carbocycles. The number of aryl methyl sites for hydroxylation is 1. The van der Waals surface area contributed by atoms with E-state index in [9.17, 15) is 4.39 Å². The monoisotopic (exact) mass is 263 g/mol. The third-order valence-corrected chi connectivity index (χ3v) is 3.83. The first-order valence-corrected chi connectivity index (χ1v) is 6.37. The van der Waals surface area contributed by atoms with Crippen LogP contribution in [-0.4, -0.2) is 23.3 Å². The second kappa shape index (κ2) is 4.73. The molecule has 19 heavy (non-hydrogen) atoms. The highest BCUT2D eigenvalue weighted by Gasteiger charge is 2.50. The molecule has 0 atom stereocenters. The number of rotatable bonds is 2. The van der Waals surface area contributed by atoms with E-state index in [1.165, 1.54) is 6.20 Å². The van der Waals surface area contributed by atoms with Gasteiger partial charge in [0.1, 0.15) is 5.82 Å². The quantitative estimate of drug-likeness (QED) is 0.768. The minimum atomic E-state index is -0.461.